The van der Waals surface area contributed by atoms with E-state index in [1.807, 2.05) is 20.8 Å². The van der Waals surface area contributed by atoms with Crippen LogP contribution in [0.15, 0.2) is 71.6 Å². The lowest BCUT2D eigenvalue weighted by atomic mass is 10.1. The van der Waals surface area contributed by atoms with E-state index in [9.17, 15) is 18.0 Å². The number of carbonyl (C=O) groups is 2. The van der Waals surface area contributed by atoms with Crippen LogP contribution >= 0.6 is 0 Å². The van der Waals surface area contributed by atoms with E-state index in [4.69, 9.17) is 18.9 Å². The molecule has 1 N–H and O–H groups in total. The number of amides is 2. The highest BCUT2D eigenvalue weighted by molar-refractivity contribution is 7.92. The van der Waals surface area contributed by atoms with Crippen molar-refractivity contribution in [3.63, 3.8) is 0 Å². The molecule has 0 aliphatic heterocycles. The number of hydrogen-bond acceptors (Lipinski definition) is 8. The van der Waals surface area contributed by atoms with Crippen molar-refractivity contribution in [2.24, 2.45) is 0 Å². The van der Waals surface area contributed by atoms with E-state index in [2.05, 4.69) is 5.32 Å². The van der Waals surface area contributed by atoms with Crippen LogP contribution in [0, 0.1) is 0 Å². The summed E-state index contributed by atoms with van der Waals surface area (Å²) in [7, 11) is 0.0649. The smallest absolute Gasteiger partial charge is 0.264 e. The van der Waals surface area contributed by atoms with Crippen LogP contribution in [0.4, 0.5) is 5.69 Å². The first-order valence-corrected chi connectivity index (χ1v) is 15.6. The molecular weight excluding hydrogens is 586 g/mol. The zero-order valence-corrected chi connectivity index (χ0v) is 27.0. The second kappa shape index (κ2) is 15.3. The predicted molar refractivity (Wildman–Crippen MR) is 168 cm³/mol. The average molecular weight is 628 g/mol. The summed E-state index contributed by atoms with van der Waals surface area (Å²) in [4.78, 5) is 28.5. The maximum atomic E-state index is 14.2. The zero-order chi connectivity index (χ0) is 32.4. The molecule has 1 atom stereocenters. The number of rotatable bonds is 15. The lowest BCUT2D eigenvalue weighted by Crippen LogP contribution is -2.52. The molecule has 12 heteroatoms. The largest absolute Gasteiger partial charge is 0.497 e. The number of benzene rings is 3. The number of anilines is 1. The molecule has 0 fully saturated rings. The number of methoxy groups -OCH3 is 3. The second-order valence-corrected chi connectivity index (χ2v) is 12.0. The van der Waals surface area contributed by atoms with Gasteiger partial charge in [0, 0.05) is 18.7 Å². The number of ether oxygens (including phenoxy) is 4. The Morgan fingerprint density at radius 3 is 2.11 bits per heavy atom. The van der Waals surface area contributed by atoms with Gasteiger partial charge < -0.3 is 29.2 Å². The Morgan fingerprint density at radius 2 is 1.52 bits per heavy atom. The quantitative estimate of drug-likeness (QED) is 0.265. The van der Waals surface area contributed by atoms with Gasteiger partial charge in [-0.15, -0.1) is 0 Å². The molecule has 0 saturated heterocycles. The van der Waals surface area contributed by atoms with E-state index >= 15 is 0 Å². The van der Waals surface area contributed by atoms with Gasteiger partial charge in [0.05, 0.1) is 38.5 Å². The van der Waals surface area contributed by atoms with Crippen molar-refractivity contribution < 1.29 is 37.0 Å². The highest BCUT2D eigenvalue weighted by Gasteiger charge is 2.33. The molecule has 11 nitrogen and oxygen atoms in total. The van der Waals surface area contributed by atoms with Gasteiger partial charge in [0.2, 0.25) is 11.8 Å². The minimum Gasteiger partial charge on any atom is -0.497 e. The second-order valence-electron chi connectivity index (χ2n) is 10.2. The molecular formula is C32H41N3O8S. The molecule has 0 aliphatic rings. The topological polar surface area (TPSA) is 124 Å². The third-order valence-corrected chi connectivity index (χ3v) is 8.51. The standard InChI is InChI=1S/C32H41N3O8S/c1-8-43-26-14-12-25(13-15-26)35(44(38,39)28-16-17-29(41-6)30(19-28)42-7)21-31(36)34(23(4)32(37)33-22(2)3)20-24-10-9-11-27(18-24)40-5/h9-19,22-23H,8,20-21H2,1-7H3,(H,33,37). The first kappa shape index (κ1) is 34.0. The first-order chi connectivity index (χ1) is 20.9. The van der Waals surface area contributed by atoms with Crippen LogP contribution in [0.1, 0.15) is 33.3 Å². The lowest BCUT2D eigenvalue weighted by molar-refractivity contribution is -0.139. The van der Waals surface area contributed by atoms with E-state index in [0.717, 1.165) is 4.31 Å². The zero-order valence-electron chi connectivity index (χ0n) is 26.2. The fraction of sp³-hybridized carbons (Fsp3) is 0.375. The van der Waals surface area contributed by atoms with Crippen LogP contribution in [0.5, 0.6) is 23.0 Å². The number of carbonyl (C=O) groups excluding carboxylic acids is 2. The fourth-order valence-corrected chi connectivity index (χ4v) is 5.89. The average Bonchev–Trinajstić information content (AvgIpc) is 3.01. The Hall–Kier alpha value is -4.45. The summed E-state index contributed by atoms with van der Waals surface area (Å²) in [5.74, 6) is 0.740. The van der Waals surface area contributed by atoms with Crippen molar-refractivity contribution in [3.05, 3.63) is 72.3 Å². The normalized spacial score (nSPS) is 11.8. The number of hydrogen-bond donors (Lipinski definition) is 1. The van der Waals surface area contributed by atoms with Gasteiger partial charge in [0.25, 0.3) is 10.0 Å². The SMILES string of the molecule is CCOc1ccc(N(CC(=O)N(Cc2cccc(OC)c2)C(C)C(=O)NC(C)C)S(=O)(=O)c2ccc(OC)c(OC)c2)cc1. The molecule has 3 rings (SSSR count). The minimum absolute atomic E-state index is 0.0379. The van der Waals surface area contributed by atoms with E-state index in [1.54, 1.807) is 55.5 Å². The van der Waals surface area contributed by atoms with E-state index in [-0.39, 0.29) is 34.8 Å². The third kappa shape index (κ3) is 8.34. The molecule has 3 aromatic rings. The molecule has 44 heavy (non-hydrogen) atoms. The number of sulfonamides is 1. The molecule has 0 aliphatic carbocycles. The third-order valence-electron chi connectivity index (χ3n) is 6.74. The summed E-state index contributed by atoms with van der Waals surface area (Å²) in [6.45, 7) is 6.98. The molecule has 0 aromatic heterocycles. The maximum Gasteiger partial charge on any atom is 0.264 e. The van der Waals surface area contributed by atoms with Crippen LogP contribution in [0.2, 0.25) is 0 Å². The van der Waals surface area contributed by atoms with Gasteiger partial charge in [0.1, 0.15) is 24.1 Å². The molecule has 0 heterocycles. The van der Waals surface area contributed by atoms with Crippen LogP contribution in [0.25, 0.3) is 0 Å². The molecule has 3 aromatic carbocycles. The fourth-order valence-electron chi connectivity index (χ4n) is 4.46. The van der Waals surface area contributed by atoms with Crippen molar-refractivity contribution in [1.82, 2.24) is 10.2 Å². The summed E-state index contributed by atoms with van der Waals surface area (Å²) in [6, 6.07) is 16.7. The van der Waals surface area contributed by atoms with Gasteiger partial charge in [-0.25, -0.2) is 8.42 Å². The van der Waals surface area contributed by atoms with E-state index in [0.29, 0.717) is 29.4 Å². The molecule has 1 unspecified atom stereocenters. The molecule has 0 radical (unpaired) electrons. The Balaban J connectivity index is 2.09. The van der Waals surface area contributed by atoms with Gasteiger partial charge >= 0.3 is 0 Å². The lowest BCUT2D eigenvalue weighted by Gasteiger charge is -2.32. The van der Waals surface area contributed by atoms with Gasteiger partial charge in [0.15, 0.2) is 11.5 Å². The van der Waals surface area contributed by atoms with Crippen molar-refractivity contribution >= 4 is 27.5 Å². The first-order valence-electron chi connectivity index (χ1n) is 14.2. The van der Waals surface area contributed by atoms with Crippen LogP contribution in [0.3, 0.4) is 0 Å². The van der Waals surface area contributed by atoms with Gasteiger partial charge in [-0.1, -0.05) is 12.1 Å². The Bertz CT molecular complexity index is 1530. The Kier molecular flexibility index (Phi) is 11.9. The van der Waals surface area contributed by atoms with E-state index in [1.165, 1.54) is 44.4 Å². The molecule has 0 saturated carbocycles. The van der Waals surface area contributed by atoms with Gasteiger partial charge in [-0.2, -0.15) is 0 Å². The highest BCUT2D eigenvalue weighted by Crippen LogP contribution is 2.33. The van der Waals surface area contributed by atoms with Crippen LogP contribution < -0.4 is 28.6 Å². The minimum atomic E-state index is -4.32. The van der Waals surface area contributed by atoms with Crippen molar-refractivity contribution in [1.29, 1.82) is 0 Å². The molecule has 0 spiro atoms. The monoisotopic (exact) mass is 627 g/mol. The van der Waals surface area contributed by atoms with Crippen molar-refractivity contribution in [2.75, 3.05) is 38.8 Å². The molecule has 0 bridgehead atoms. The van der Waals surface area contributed by atoms with Crippen molar-refractivity contribution in [2.45, 2.75) is 51.2 Å². The Labute approximate surface area is 259 Å². The number of nitrogens with one attached hydrogen (secondary N) is 1. The van der Waals surface area contributed by atoms with Gasteiger partial charge in [-0.05, 0) is 81.8 Å². The van der Waals surface area contributed by atoms with Gasteiger partial charge in [-0.3, -0.25) is 13.9 Å². The maximum absolute atomic E-state index is 14.2. The van der Waals surface area contributed by atoms with E-state index < -0.39 is 28.5 Å². The van der Waals surface area contributed by atoms with Crippen molar-refractivity contribution in [3.8, 4) is 23.0 Å². The summed E-state index contributed by atoms with van der Waals surface area (Å²) >= 11 is 0. The summed E-state index contributed by atoms with van der Waals surface area (Å²) < 4.78 is 50.9. The summed E-state index contributed by atoms with van der Waals surface area (Å²) in [5.41, 5.74) is 0.939. The van der Waals surface area contributed by atoms with Crippen LogP contribution in [-0.4, -0.2) is 71.7 Å². The highest BCUT2D eigenvalue weighted by atomic mass is 32.2. The van der Waals surface area contributed by atoms with Crippen LogP contribution in [-0.2, 0) is 26.2 Å². The molecule has 2 amide bonds. The number of nitrogens with zero attached hydrogens (tertiary/aromatic N) is 2. The summed E-state index contributed by atoms with van der Waals surface area (Å²) in [5, 5.41) is 2.84. The predicted octanol–water partition coefficient (Wildman–Crippen LogP) is 4.25. The molecule has 238 valence electrons. The Morgan fingerprint density at radius 1 is 0.841 bits per heavy atom. The summed E-state index contributed by atoms with van der Waals surface area (Å²) in [6.07, 6.45) is 0.